The van der Waals surface area contributed by atoms with E-state index in [0.29, 0.717) is 17.5 Å². The first-order valence-electron chi connectivity index (χ1n) is 7.06. The summed E-state index contributed by atoms with van der Waals surface area (Å²) in [6.07, 6.45) is 3.22. The Balaban J connectivity index is 1.73. The highest BCUT2D eigenvalue weighted by Gasteiger charge is 2.49. The first kappa shape index (κ1) is 14.4. The average molecular weight is 309 g/mol. The van der Waals surface area contributed by atoms with Crippen LogP contribution in [0.15, 0.2) is 18.2 Å². The fraction of sp³-hybridized carbons (Fsp3) is 0.467. The van der Waals surface area contributed by atoms with Crippen LogP contribution in [0.4, 0.5) is 5.69 Å². The standard InChI is InChI=1S/C15H17ClN2O3/c16-11-6-9(3-4-10(11)15(20)21)18-14(19)12-7-1-2-8(5-7)13(12)17/h3-4,6-8,12-13H,1-2,5,17H2,(H,18,19)(H,20,21). The lowest BCUT2D eigenvalue weighted by atomic mass is 9.84. The normalized spacial score (nSPS) is 30.4. The van der Waals surface area contributed by atoms with Crippen LogP contribution >= 0.6 is 11.6 Å². The number of nitrogens with one attached hydrogen (secondary N) is 1. The molecular weight excluding hydrogens is 292 g/mol. The summed E-state index contributed by atoms with van der Waals surface area (Å²) in [6, 6.07) is 4.33. The number of carboxylic acid groups (broad SMARTS) is 1. The first-order valence-corrected chi connectivity index (χ1v) is 7.44. The Morgan fingerprint density at radius 3 is 2.57 bits per heavy atom. The van der Waals surface area contributed by atoms with Gasteiger partial charge in [-0.1, -0.05) is 11.6 Å². The lowest BCUT2D eigenvalue weighted by molar-refractivity contribution is -0.121. The van der Waals surface area contributed by atoms with E-state index in [1.807, 2.05) is 0 Å². The molecule has 0 heterocycles. The average Bonchev–Trinajstić information content (AvgIpc) is 2.98. The summed E-state index contributed by atoms with van der Waals surface area (Å²) >= 11 is 5.90. The molecule has 2 saturated carbocycles. The number of carbonyl (C=O) groups is 2. The molecule has 5 nitrogen and oxygen atoms in total. The third-order valence-electron chi connectivity index (χ3n) is 4.75. The maximum absolute atomic E-state index is 12.4. The van der Waals surface area contributed by atoms with Crippen molar-refractivity contribution in [3.63, 3.8) is 0 Å². The molecule has 1 aromatic rings. The van der Waals surface area contributed by atoms with Crippen LogP contribution in [0.1, 0.15) is 29.6 Å². The number of carboxylic acids is 1. The van der Waals surface area contributed by atoms with Gasteiger partial charge in [-0.3, -0.25) is 4.79 Å². The second kappa shape index (κ2) is 5.31. The zero-order valence-corrected chi connectivity index (χ0v) is 12.1. The minimum absolute atomic E-state index is 0.0197. The van der Waals surface area contributed by atoms with Crippen molar-refractivity contribution in [2.45, 2.75) is 25.3 Å². The lowest BCUT2D eigenvalue weighted by Gasteiger charge is -2.27. The molecule has 4 N–H and O–H groups in total. The van der Waals surface area contributed by atoms with E-state index in [1.54, 1.807) is 6.07 Å². The van der Waals surface area contributed by atoms with Gasteiger partial charge in [0, 0.05) is 11.7 Å². The summed E-state index contributed by atoms with van der Waals surface area (Å²) in [5.41, 5.74) is 6.67. The number of anilines is 1. The van der Waals surface area contributed by atoms with Crippen LogP contribution < -0.4 is 11.1 Å². The summed E-state index contributed by atoms with van der Waals surface area (Å²) < 4.78 is 0. The molecule has 112 valence electrons. The zero-order chi connectivity index (χ0) is 15.1. The van der Waals surface area contributed by atoms with Gasteiger partial charge in [0.1, 0.15) is 0 Å². The molecule has 1 amide bonds. The fourth-order valence-corrected chi connectivity index (χ4v) is 3.98. The molecule has 3 rings (SSSR count). The van der Waals surface area contributed by atoms with Gasteiger partial charge >= 0.3 is 5.97 Å². The van der Waals surface area contributed by atoms with Crippen LogP contribution in [-0.2, 0) is 4.79 Å². The first-order chi connectivity index (χ1) is 9.97. The molecule has 0 aromatic heterocycles. The van der Waals surface area contributed by atoms with Crippen molar-refractivity contribution >= 4 is 29.2 Å². The maximum atomic E-state index is 12.4. The van der Waals surface area contributed by atoms with E-state index in [1.165, 1.54) is 12.1 Å². The van der Waals surface area contributed by atoms with Crippen molar-refractivity contribution in [1.82, 2.24) is 0 Å². The summed E-state index contributed by atoms with van der Waals surface area (Å²) in [6.45, 7) is 0. The Bertz CT molecular complexity index is 603. The monoisotopic (exact) mass is 308 g/mol. The molecule has 2 aliphatic rings. The van der Waals surface area contributed by atoms with E-state index in [9.17, 15) is 9.59 Å². The van der Waals surface area contributed by atoms with Crippen molar-refractivity contribution < 1.29 is 14.7 Å². The van der Waals surface area contributed by atoms with Gasteiger partial charge in [-0.15, -0.1) is 0 Å². The van der Waals surface area contributed by atoms with Gasteiger partial charge in [0.05, 0.1) is 16.5 Å². The highest BCUT2D eigenvalue weighted by Crippen LogP contribution is 2.47. The van der Waals surface area contributed by atoms with E-state index in [-0.39, 0.29) is 28.5 Å². The quantitative estimate of drug-likeness (QED) is 0.799. The molecule has 4 unspecified atom stereocenters. The Morgan fingerprint density at radius 2 is 2.00 bits per heavy atom. The number of hydrogen-bond acceptors (Lipinski definition) is 3. The number of halogens is 1. The number of nitrogens with two attached hydrogens (primary N) is 1. The van der Waals surface area contributed by atoms with Crippen LogP contribution in [0.25, 0.3) is 0 Å². The van der Waals surface area contributed by atoms with Crippen LogP contribution in [0.3, 0.4) is 0 Å². The van der Waals surface area contributed by atoms with Gasteiger partial charge in [-0.05, 0) is 49.3 Å². The van der Waals surface area contributed by atoms with E-state index in [2.05, 4.69) is 5.32 Å². The van der Waals surface area contributed by atoms with Crippen molar-refractivity contribution in [2.75, 3.05) is 5.32 Å². The predicted molar refractivity (Wildman–Crippen MR) is 79.3 cm³/mol. The topological polar surface area (TPSA) is 92.4 Å². The maximum Gasteiger partial charge on any atom is 0.337 e. The number of fused-ring (bicyclic) bond motifs is 2. The van der Waals surface area contributed by atoms with E-state index < -0.39 is 5.97 Å². The Morgan fingerprint density at radius 1 is 1.29 bits per heavy atom. The van der Waals surface area contributed by atoms with Crippen molar-refractivity contribution in [3.8, 4) is 0 Å². The second-order valence-electron chi connectivity index (χ2n) is 5.93. The highest BCUT2D eigenvalue weighted by atomic mass is 35.5. The molecule has 2 bridgehead atoms. The number of carbonyl (C=O) groups excluding carboxylic acids is 1. The van der Waals surface area contributed by atoms with Crippen LogP contribution in [0.5, 0.6) is 0 Å². The Labute approximate surface area is 127 Å². The molecule has 2 fully saturated rings. The zero-order valence-electron chi connectivity index (χ0n) is 11.4. The van der Waals surface area contributed by atoms with Crippen LogP contribution in [0, 0.1) is 17.8 Å². The number of amides is 1. The lowest BCUT2D eigenvalue weighted by Crippen LogP contribution is -2.42. The van der Waals surface area contributed by atoms with E-state index in [4.69, 9.17) is 22.4 Å². The largest absolute Gasteiger partial charge is 0.478 e. The van der Waals surface area contributed by atoms with Gasteiger partial charge in [-0.2, -0.15) is 0 Å². The summed E-state index contributed by atoms with van der Waals surface area (Å²) in [4.78, 5) is 23.3. The summed E-state index contributed by atoms with van der Waals surface area (Å²) in [5.74, 6) is -0.494. The van der Waals surface area contributed by atoms with Gasteiger partial charge < -0.3 is 16.2 Å². The van der Waals surface area contributed by atoms with Crippen molar-refractivity contribution in [3.05, 3.63) is 28.8 Å². The summed E-state index contributed by atoms with van der Waals surface area (Å²) in [5, 5.41) is 11.8. The third kappa shape index (κ3) is 2.51. The van der Waals surface area contributed by atoms with Gasteiger partial charge in [0.2, 0.25) is 5.91 Å². The Kier molecular flexibility index (Phi) is 3.63. The van der Waals surface area contributed by atoms with Crippen molar-refractivity contribution in [2.24, 2.45) is 23.5 Å². The number of rotatable bonds is 3. The minimum atomic E-state index is -1.09. The van der Waals surface area contributed by atoms with Crippen LogP contribution in [0.2, 0.25) is 5.02 Å². The predicted octanol–water partition coefficient (Wildman–Crippen LogP) is 2.35. The summed E-state index contributed by atoms with van der Waals surface area (Å²) in [7, 11) is 0. The van der Waals surface area contributed by atoms with Crippen molar-refractivity contribution in [1.29, 1.82) is 0 Å². The van der Waals surface area contributed by atoms with Gasteiger partial charge in [-0.25, -0.2) is 4.79 Å². The number of benzene rings is 1. The van der Waals surface area contributed by atoms with Gasteiger partial charge in [0.15, 0.2) is 0 Å². The fourth-order valence-electron chi connectivity index (χ4n) is 3.72. The van der Waals surface area contributed by atoms with E-state index in [0.717, 1.165) is 19.3 Å². The van der Waals surface area contributed by atoms with Gasteiger partial charge in [0.25, 0.3) is 0 Å². The molecule has 0 saturated heterocycles. The molecule has 0 aliphatic heterocycles. The third-order valence-corrected chi connectivity index (χ3v) is 5.06. The van der Waals surface area contributed by atoms with Crippen LogP contribution in [-0.4, -0.2) is 23.0 Å². The molecular formula is C15H17ClN2O3. The minimum Gasteiger partial charge on any atom is -0.478 e. The second-order valence-corrected chi connectivity index (χ2v) is 6.33. The van der Waals surface area contributed by atoms with E-state index >= 15 is 0 Å². The molecule has 4 atom stereocenters. The number of aromatic carboxylic acids is 1. The highest BCUT2D eigenvalue weighted by molar-refractivity contribution is 6.33. The SMILES string of the molecule is NC1C2CCC(C2)C1C(=O)Nc1ccc(C(=O)O)c(Cl)c1. The molecule has 1 aromatic carbocycles. The number of hydrogen-bond donors (Lipinski definition) is 3. The molecule has 2 aliphatic carbocycles. The molecule has 6 heteroatoms. The molecule has 0 radical (unpaired) electrons. The molecule has 0 spiro atoms. The Hall–Kier alpha value is -1.59. The smallest absolute Gasteiger partial charge is 0.337 e. The molecule has 21 heavy (non-hydrogen) atoms.